The standard InChI is InChI=1S/C33H35F3N4OS/c34-33(35,36)42-28-16-14-25(15-17-28)32(41)39(20-24-12-13-24)23-31-37-29-10-4-5-11-30(29)40(31)22-27-9-3-2-8-26(27)21-38-18-6-1-7-19-38/h2-5,8-11,14-17,24H,1,6-7,12-13,18-23H2. The first-order valence-electron chi connectivity index (χ1n) is 14.7. The molecule has 9 heteroatoms. The van der Waals surface area contributed by atoms with Crippen molar-refractivity contribution >= 4 is 28.7 Å². The Hall–Kier alpha value is -3.30. The number of halogens is 3. The molecule has 5 nitrogen and oxygen atoms in total. The number of benzene rings is 3. The van der Waals surface area contributed by atoms with E-state index in [1.807, 2.05) is 23.1 Å². The Balaban J connectivity index is 1.28. The second-order valence-corrected chi connectivity index (χ2v) is 12.5. The summed E-state index contributed by atoms with van der Waals surface area (Å²) in [6.45, 7) is 4.76. The smallest absolute Gasteiger partial charge is 0.331 e. The van der Waals surface area contributed by atoms with Crippen molar-refractivity contribution in [2.45, 2.75) is 62.1 Å². The summed E-state index contributed by atoms with van der Waals surface area (Å²) in [5.41, 5.74) is 0.475. The third-order valence-electron chi connectivity index (χ3n) is 8.15. The molecule has 2 fully saturated rings. The van der Waals surface area contributed by atoms with Crippen LogP contribution >= 0.6 is 11.8 Å². The van der Waals surface area contributed by atoms with Gasteiger partial charge in [-0.1, -0.05) is 42.8 Å². The highest BCUT2D eigenvalue weighted by molar-refractivity contribution is 8.00. The van der Waals surface area contributed by atoms with Crippen LogP contribution in [0, 0.1) is 5.92 Å². The minimum absolute atomic E-state index is 0.0674. The molecule has 6 rings (SSSR count). The maximum atomic E-state index is 13.7. The largest absolute Gasteiger partial charge is 0.446 e. The fraction of sp³-hybridized carbons (Fsp3) is 0.394. The number of hydrogen-bond acceptors (Lipinski definition) is 4. The van der Waals surface area contributed by atoms with E-state index in [0.717, 1.165) is 49.3 Å². The highest BCUT2D eigenvalue weighted by Crippen LogP contribution is 2.37. The van der Waals surface area contributed by atoms with Gasteiger partial charge in [-0.25, -0.2) is 4.98 Å². The molecule has 42 heavy (non-hydrogen) atoms. The first kappa shape index (κ1) is 28.8. The first-order chi connectivity index (χ1) is 20.3. The fourth-order valence-electron chi connectivity index (χ4n) is 5.80. The lowest BCUT2D eigenvalue weighted by atomic mass is 10.0. The number of piperidine rings is 1. The highest BCUT2D eigenvalue weighted by atomic mass is 32.2. The Labute approximate surface area is 248 Å². The van der Waals surface area contributed by atoms with Gasteiger partial charge in [-0.3, -0.25) is 9.69 Å². The van der Waals surface area contributed by atoms with Crippen LogP contribution in [-0.4, -0.2) is 50.4 Å². The molecule has 1 amide bonds. The lowest BCUT2D eigenvalue weighted by Gasteiger charge is -2.27. The number of aromatic nitrogens is 2. The van der Waals surface area contributed by atoms with E-state index in [9.17, 15) is 18.0 Å². The number of likely N-dealkylation sites (tertiary alicyclic amines) is 1. The maximum Gasteiger partial charge on any atom is 0.446 e. The third kappa shape index (κ3) is 7.18. The summed E-state index contributed by atoms with van der Waals surface area (Å²) in [7, 11) is 0. The molecule has 0 atom stereocenters. The summed E-state index contributed by atoms with van der Waals surface area (Å²) in [4.78, 5) is 23.1. The van der Waals surface area contributed by atoms with E-state index in [-0.39, 0.29) is 22.6 Å². The van der Waals surface area contributed by atoms with Crippen LogP contribution in [0.1, 0.15) is 59.4 Å². The van der Waals surface area contributed by atoms with E-state index >= 15 is 0 Å². The zero-order chi connectivity index (χ0) is 29.1. The molecule has 220 valence electrons. The summed E-state index contributed by atoms with van der Waals surface area (Å²) in [6.07, 6.45) is 5.94. The van der Waals surface area contributed by atoms with Gasteiger partial charge in [0, 0.05) is 30.1 Å². The van der Waals surface area contributed by atoms with E-state index in [1.165, 1.54) is 54.7 Å². The molecule has 3 aromatic carbocycles. The van der Waals surface area contributed by atoms with Crippen molar-refractivity contribution in [3.05, 3.63) is 95.3 Å². The zero-order valence-corrected chi connectivity index (χ0v) is 24.3. The number of imidazole rings is 1. The summed E-state index contributed by atoms with van der Waals surface area (Å²) in [6, 6.07) is 22.4. The van der Waals surface area contributed by atoms with Gasteiger partial charge in [0.05, 0.1) is 17.6 Å². The van der Waals surface area contributed by atoms with Crippen molar-refractivity contribution in [2.75, 3.05) is 19.6 Å². The lowest BCUT2D eigenvalue weighted by molar-refractivity contribution is -0.0328. The van der Waals surface area contributed by atoms with E-state index in [4.69, 9.17) is 4.98 Å². The molecular weight excluding hydrogens is 557 g/mol. The second kappa shape index (κ2) is 12.5. The Bertz CT molecular complexity index is 1520. The quantitative estimate of drug-likeness (QED) is 0.177. The molecule has 0 radical (unpaired) electrons. The SMILES string of the molecule is O=C(c1ccc(SC(F)(F)F)cc1)N(Cc1nc2ccccc2n1Cc1ccccc1CN1CCCCC1)CC1CC1. The first-order valence-corrected chi connectivity index (χ1v) is 15.5. The lowest BCUT2D eigenvalue weighted by Crippen LogP contribution is -2.33. The number of para-hydroxylation sites is 2. The Kier molecular flexibility index (Phi) is 8.58. The van der Waals surface area contributed by atoms with Crippen LogP contribution in [-0.2, 0) is 19.6 Å². The predicted molar refractivity (Wildman–Crippen MR) is 160 cm³/mol. The Morgan fingerprint density at radius 1 is 0.881 bits per heavy atom. The van der Waals surface area contributed by atoms with Gasteiger partial charge < -0.3 is 9.47 Å². The van der Waals surface area contributed by atoms with Gasteiger partial charge in [0.2, 0.25) is 0 Å². The van der Waals surface area contributed by atoms with E-state index < -0.39 is 5.51 Å². The van der Waals surface area contributed by atoms with Gasteiger partial charge >= 0.3 is 5.51 Å². The molecule has 1 aliphatic heterocycles. The Morgan fingerprint density at radius 3 is 2.24 bits per heavy atom. The topological polar surface area (TPSA) is 41.4 Å². The second-order valence-electron chi connectivity index (χ2n) is 11.4. The van der Waals surface area contributed by atoms with Crippen molar-refractivity contribution in [1.82, 2.24) is 19.4 Å². The summed E-state index contributed by atoms with van der Waals surface area (Å²) < 4.78 is 40.7. The van der Waals surface area contributed by atoms with Gasteiger partial charge in [-0.2, -0.15) is 13.2 Å². The minimum atomic E-state index is -4.37. The average Bonchev–Trinajstić information content (AvgIpc) is 3.74. The van der Waals surface area contributed by atoms with Gasteiger partial charge in [-0.05, 0) is 104 Å². The van der Waals surface area contributed by atoms with E-state index in [0.29, 0.717) is 31.1 Å². The zero-order valence-electron chi connectivity index (χ0n) is 23.5. The van der Waals surface area contributed by atoms with Gasteiger partial charge in [0.1, 0.15) is 5.82 Å². The fourth-order valence-corrected chi connectivity index (χ4v) is 6.34. The highest BCUT2D eigenvalue weighted by Gasteiger charge is 2.31. The number of thioether (sulfide) groups is 1. The molecular formula is C33H35F3N4OS. The number of carbonyl (C=O) groups is 1. The number of hydrogen-bond donors (Lipinski definition) is 0. The van der Waals surface area contributed by atoms with E-state index in [2.05, 4.69) is 39.8 Å². The number of nitrogens with zero attached hydrogens (tertiary/aromatic N) is 4. The van der Waals surface area contributed by atoms with Crippen molar-refractivity contribution < 1.29 is 18.0 Å². The molecule has 2 aliphatic rings. The monoisotopic (exact) mass is 592 g/mol. The predicted octanol–water partition coefficient (Wildman–Crippen LogP) is 7.73. The Morgan fingerprint density at radius 2 is 1.55 bits per heavy atom. The van der Waals surface area contributed by atoms with Crippen LogP contribution in [0.4, 0.5) is 13.2 Å². The van der Waals surface area contributed by atoms with Crippen molar-refractivity contribution in [1.29, 1.82) is 0 Å². The summed E-state index contributed by atoms with van der Waals surface area (Å²) in [5.74, 6) is 1.06. The molecule has 1 aromatic heterocycles. The average molecular weight is 593 g/mol. The summed E-state index contributed by atoms with van der Waals surface area (Å²) >= 11 is -0.171. The van der Waals surface area contributed by atoms with Gasteiger partial charge in [0.25, 0.3) is 5.91 Å². The van der Waals surface area contributed by atoms with Crippen LogP contribution in [0.3, 0.4) is 0 Å². The molecule has 0 bridgehead atoms. The molecule has 0 unspecified atom stereocenters. The van der Waals surface area contributed by atoms with Gasteiger partial charge in [-0.15, -0.1) is 0 Å². The molecule has 0 spiro atoms. The number of alkyl halides is 3. The normalized spacial score (nSPS) is 16.2. The minimum Gasteiger partial charge on any atom is -0.331 e. The molecule has 0 N–H and O–H groups in total. The van der Waals surface area contributed by atoms with Crippen molar-refractivity contribution in [3.8, 4) is 0 Å². The van der Waals surface area contributed by atoms with Crippen LogP contribution in [0.5, 0.6) is 0 Å². The van der Waals surface area contributed by atoms with Crippen LogP contribution < -0.4 is 0 Å². The summed E-state index contributed by atoms with van der Waals surface area (Å²) in [5, 5.41) is 0. The van der Waals surface area contributed by atoms with Crippen LogP contribution in [0.2, 0.25) is 0 Å². The molecule has 1 saturated carbocycles. The number of fused-ring (bicyclic) bond motifs is 1. The third-order valence-corrected chi connectivity index (χ3v) is 8.89. The van der Waals surface area contributed by atoms with Crippen LogP contribution in [0.15, 0.2) is 77.7 Å². The molecule has 1 aliphatic carbocycles. The number of rotatable bonds is 10. The van der Waals surface area contributed by atoms with E-state index in [1.54, 1.807) is 0 Å². The van der Waals surface area contributed by atoms with Crippen LogP contribution in [0.25, 0.3) is 11.0 Å². The van der Waals surface area contributed by atoms with Crippen molar-refractivity contribution in [2.24, 2.45) is 5.92 Å². The maximum absolute atomic E-state index is 13.7. The molecule has 1 saturated heterocycles. The van der Waals surface area contributed by atoms with Gasteiger partial charge in [0.15, 0.2) is 0 Å². The number of carbonyl (C=O) groups excluding carboxylic acids is 1. The van der Waals surface area contributed by atoms with Crippen molar-refractivity contribution in [3.63, 3.8) is 0 Å². The molecule has 2 heterocycles. The molecule has 4 aromatic rings. The number of amides is 1.